The number of para-hydroxylation sites is 1. The average Bonchev–Trinajstić information content (AvgIpc) is 2.82. The van der Waals surface area contributed by atoms with Gasteiger partial charge in [0.05, 0.1) is 22.8 Å². The smallest absolute Gasteiger partial charge is 0.410 e. The number of hydrogen-bond acceptors (Lipinski definition) is 4. The number of nitrogens with one attached hydrogen (secondary N) is 1. The SMILES string of the molecule is Cc1nn(-c2ccccc2)c(C)c1NC(=O)CN(C)C(=O)OC(C)(C)C. The molecule has 0 fully saturated rings. The van der Waals surface area contributed by atoms with Crippen molar-refractivity contribution >= 4 is 17.7 Å². The van der Waals surface area contributed by atoms with Crippen molar-refractivity contribution < 1.29 is 14.3 Å². The molecule has 140 valence electrons. The van der Waals surface area contributed by atoms with Gasteiger partial charge in [0.25, 0.3) is 0 Å². The fourth-order valence-electron chi connectivity index (χ4n) is 2.44. The van der Waals surface area contributed by atoms with Crippen LogP contribution in [0.3, 0.4) is 0 Å². The molecule has 26 heavy (non-hydrogen) atoms. The summed E-state index contributed by atoms with van der Waals surface area (Å²) >= 11 is 0. The molecule has 1 aromatic heterocycles. The molecule has 0 spiro atoms. The maximum Gasteiger partial charge on any atom is 0.410 e. The zero-order valence-electron chi connectivity index (χ0n) is 16.2. The second-order valence-corrected chi connectivity index (χ2v) is 7.18. The summed E-state index contributed by atoms with van der Waals surface area (Å²) in [6, 6.07) is 9.69. The maximum atomic E-state index is 12.3. The minimum absolute atomic E-state index is 0.107. The minimum atomic E-state index is -0.605. The lowest BCUT2D eigenvalue weighted by Crippen LogP contribution is -2.38. The van der Waals surface area contributed by atoms with Crippen LogP contribution in [0.15, 0.2) is 30.3 Å². The molecule has 7 heteroatoms. The van der Waals surface area contributed by atoms with E-state index >= 15 is 0 Å². The van der Waals surface area contributed by atoms with E-state index in [0.717, 1.165) is 11.4 Å². The Morgan fingerprint density at radius 1 is 1.19 bits per heavy atom. The van der Waals surface area contributed by atoms with E-state index in [1.54, 1.807) is 25.5 Å². The van der Waals surface area contributed by atoms with E-state index in [-0.39, 0.29) is 12.5 Å². The molecule has 0 atom stereocenters. The fourth-order valence-corrected chi connectivity index (χ4v) is 2.44. The third kappa shape index (κ3) is 4.84. The van der Waals surface area contributed by atoms with Crippen LogP contribution >= 0.6 is 0 Å². The number of carbonyl (C=O) groups is 2. The molecule has 0 saturated carbocycles. The Bertz CT molecular complexity index is 791. The van der Waals surface area contributed by atoms with Crippen LogP contribution in [0.4, 0.5) is 10.5 Å². The van der Waals surface area contributed by atoms with Crippen LogP contribution in [0.2, 0.25) is 0 Å². The molecular formula is C19H26N4O3. The van der Waals surface area contributed by atoms with Gasteiger partial charge in [-0.15, -0.1) is 0 Å². The zero-order chi connectivity index (χ0) is 19.5. The monoisotopic (exact) mass is 358 g/mol. The molecule has 0 bridgehead atoms. The number of aromatic nitrogens is 2. The van der Waals surface area contributed by atoms with Crippen molar-refractivity contribution in [2.24, 2.45) is 0 Å². The summed E-state index contributed by atoms with van der Waals surface area (Å²) in [6.45, 7) is 8.96. The van der Waals surface area contributed by atoms with Gasteiger partial charge in [0.2, 0.25) is 5.91 Å². The summed E-state index contributed by atoms with van der Waals surface area (Å²) in [7, 11) is 1.53. The Kier molecular flexibility index (Phi) is 5.69. The summed E-state index contributed by atoms with van der Waals surface area (Å²) in [5.74, 6) is -0.308. The fraction of sp³-hybridized carbons (Fsp3) is 0.421. The Balaban J connectivity index is 2.08. The maximum absolute atomic E-state index is 12.3. The van der Waals surface area contributed by atoms with Crippen molar-refractivity contribution in [1.82, 2.24) is 14.7 Å². The largest absolute Gasteiger partial charge is 0.444 e. The van der Waals surface area contributed by atoms with Gasteiger partial charge in [-0.3, -0.25) is 4.79 Å². The lowest BCUT2D eigenvalue weighted by atomic mass is 10.2. The predicted octanol–water partition coefficient (Wildman–Crippen LogP) is 3.29. The molecule has 1 aromatic carbocycles. The van der Waals surface area contributed by atoms with Crippen LogP contribution in [0.25, 0.3) is 5.69 Å². The summed E-state index contributed by atoms with van der Waals surface area (Å²) < 4.78 is 7.03. The Labute approximate surface area is 153 Å². The number of carbonyl (C=O) groups excluding carboxylic acids is 2. The molecule has 0 aliphatic heterocycles. The normalized spacial score (nSPS) is 11.2. The van der Waals surface area contributed by atoms with E-state index in [9.17, 15) is 9.59 Å². The molecular weight excluding hydrogens is 332 g/mol. The summed E-state index contributed by atoms with van der Waals surface area (Å²) in [5, 5.41) is 7.34. The predicted molar refractivity (Wildman–Crippen MR) is 101 cm³/mol. The highest BCUT2D eigenvalue weighted by Crippen LogP contribution is 2.22. The standard InChI is InChI=1S/C19H26N4O3/c1-13-17(14(2)23(21-13)15-10-8-7-9-11-15)20-16(24)12-22(6)18(25)26-19(3,4)5/h7-11H,12H2,1-6H3,(H,20,24). The van der Waals surface area contributed by atoms with Crippen LogP contribution in [0, 0.1) is 13.8 Å². The highest BCUT2D eigenvalue weighted by atomic mass is 16.6. The number of anilines is 1. The zero-order valence-corrected chi connectivity index (χ0v) is 16.2. The molecule has 2 amide bonds. The van der Waals surface area contributed by atoms with E-state index in [1.165, 1.54) is 11.9 Å². The topological polar surface area (TPSA) is 76.5 Å². The van der Waals surface area contributed by atoms with Crippen LogP contribution < -0.4 is 5.32 Å². The number of nitrogens with zero attached hydrogens (tertiary/aromatic N) is 3. The summed E-state index contributed by atoms with van der Waals surface area (Å²) in [4.78, 5) is 25.6. The molecule has 1 N–H and O–H groups in total. The molecule has 0 aliphatic carbocycles. The third-order valence-corrected chi connectivity index (χ3v) is 3.64. The van der Waals surface area contributed by atoms with Crippen molar-refractivity contribution in [3.63, 3.8) is 0 Å². The van der Waals surface area contributed by atoms with Crippen molar-refractivity contribution in [2.45, 2.75) is 40.2 Å². The van der Waals surface area contributed by atoms with Gasteiger partial charge in [0.1, 0.15) is 12.1 Å². The molecule has 0 saturated heterocycles. The number of aryl methyl sites for hydroxylation is 1. The van der Waals surface area contributed by atoms with Crippen LogP contribution in [-0.4, -0.2) is 45.9 Å². The van der Waals surface area contributed by atoms with E-state index < -0.39 is 11.7 Å². The van der Waals surface area contributed by atoms with Crippen molar-refractivity contribution in [3.05, 3.63) is 41.7 Å². The summed E-state index contributed by atoms with van der Waals surface area (Å²) in [5.41, 5.74) is 2.49. The Hall–Kier alpha value is -2.83. The first-order valence-electron chi connectivity index (χ1n) is 8.44. The molecule has 0 aliphatic rings. The molecule has 7 nitrogen and oxygen atoms in total. The quantitative estimate of drug-likeness (QED) is 0.910. The first-order valence-corrected chi connectivity index (χ1v) is 8.44. The lowest BCUT2D eigenvalue weighted by Gasteiger charge is -2.24. The van der Waals surface area contributed by atoms with Gasteiger partial charge in [-0.05, 0) is 46.8 Å². The van der Waals surface area contributed by atoms with Crippen molar-refractivity contribution in [3.8, 4) is 5.69 Å². The first kappa shape index (κ1) is 19.5. The number of ether oxygens (including phenoxy) is 1. The van der Waals surface area contributed by atoms with Gasteiger partial charge < -0.3 is 15.0 Å². The van der Waals surface area contributed by atoms with E-state index in [4.69, 9.17) is 4.74 Å². The lowest BCUT2D eigenvalue weighted by molar-refractivity contribution is -0.117. The molecule has 2 aromatic rings. The van der Waals surface area contributed by atoms with Crippen LogP contribution in [0.1, 0.15) is 32.2 Å². The summed E-state index contributed by atoms with van der Waals surface area (Å²) in [6.07, 6.45) is -0.541. The number of hydrogen-bond donors (Lipinski definition) is 1. The van der Waals surface area contributed by atoms with Crippen LogP contribution in [0.5, 0.6) is 0 Å². The third-order valence-electron chi connectivity index (χ3n) is 3.64. The van der Waals surface area contributed by atoms with Gasteiger partial charge >= 0.3 is 6.09 Å². The number of rotatable bonds is 4. The second kappa shape index (κ2) is 7.59. The highest BCUT2D eigenvalue weighted by Gasteiger charge is 2.22. The van der Waals surface area contributed by atoms with E-state index in [1.807, 2.05) is 44.2 Å². The molecule has 0 radical (unpaired) electrons. The first-order chi connectivity index (χ1) is 12.1. The number of likely N-dealkylation sites (N-methyl/N-ethyl adjacent to an activating group) is 1. The van der Waals surface area contributed by atoms with Crippen molar-refractivity contribution in [1.29, 1.82) is 0 Å². The second-order valence-electron chi connectivity index (χ2n) is 7.18. The van der Waals surface area contributed by atoms with Crippen LogP contribution in [-0.2, 0) is 9.53 Å². The number of benzene rings is 1. The van der Waals surface area contributed by atoms with E-state index in [0.29, 0.717) is 11.4 Å². The van der Waals surface area contributed by atoms with Crippen molar-refractivity contribution in [2.75, 3.05) is 18.9 Å². The molecule has 2 rings (SSSR count). The van der Waals surface area contributed by atoms with Gasteiger partial charge in [0, 0.05) is 7.05 Å². The molecule has 0 unspecified atom stereocenters. The highest BCUT2D eigenvalue weighted by molar-refractivity contribution is 5.94. The van der Waals surface area contributed by atoms with Gasteiger partial charge in [0.15, 0.2) is 0 Å². The number of amides is 2. The average molecular weight is 358 g/mol. The minimum Gasteiger partial charge on any atom is -0.444 e. The molecule has 1 heterocycles. The van der Waals surface area contributed by atoms with Gasteiger partial charge in [-0.2, -0.15) is 5.10 Å². The van der Waals surface area contributed by atoms with E-state index in [2.05, 4.69) is 10.4 Å². The van der Waals surface area contributed by atoms with Gasteiger partial charge in [-0.1, -0.05) is 18.2 Å². The van der Waals surface area contributed by atoms with Gasteiger partial charge in [-0.25, -0.2) is 9.48 Å². The Morgan fingerprint density at radius 3 is 2.38 bits per heavy atom. The Morgan fingerprint density at radius 2 is 1.81 bits per heavy atom.